The van der Waals surface area contributed by atoms with E-state index in [0.29, 0.717) is 23.1 Å². The third-order valence-corrected chi connectivity index (χ3v) is 7.83. The van der Waals surface area contributed by atoms with Crippen LogP contribution < -0.4 is 14.5 Å². The van der Waals surface area contributed by atoms with Crippen LogP contribution in [-0.4, -0.2) is 27.1 Å². The third-order valence-electron chi connectivity index (χ3n) is 5.82. The molecule has 0 heterocycles. The van der Waals surface area contributed by atoms with Crippen LogP contribution in [0.25, 0.3) is 0 Å². The van der Waals surface area contributed by atoms with E-state index in [4.69, 9.17) is 16.3 Å². The van der Waals surface area contributed by atoms with E-state index in [1.165, 1.54) is 18.3 Å². The highest BCUT2D eigenvalue weighted by Crippen LogP contribution is 2.27. The Morgan fingerprint density at radius 1 is 0.949 bits per heavy atom. The van der Waals surface area contributed by atoms with Gasteiger partial charge < -0.3 is 4.74 Å². The summed E-state index contributed by atoms with van der Waals surface area (Å²) in [4.78, 5) is 12.9. The molecule has 0 saturated carbocycles. The largest absolute Gasteiger partial charge is 0.489 e. The molecular formula is C30H28ClN3O4S. The molecule has 4 rings (SSSR count). The summed E-state index contributed by atoms with van der Waals surface area (Å²) < 4.78 is 33.9. The van der Waals surface area contributed by atoms with E-state index in [-0.39, 0.29) is 4.90 Å². The number of rotatable bonds is 10. The highest BCUT2D eigenvalue weighted by atomic mass is 35.5. The van der Waals surface area contributed by atoms with Crippen molar-refractivity contribution in [1.82, 2.24) is 5.43 Å². The van der Waals surface area contributed by atoms with Crippen molar-refractivity contribution in [3.05, 3.63) is 124 Å². The number of hydrazone groups is 1. The van der Waals surface area contributed by atoms with Crippen LogP contribution in [0.3, 0.4) is 0 Å². The number of hydrogen-bond acceptors (Lipinski definition) is 5. The summed E-state index contributed by atoms with van der Waals surface area (Å²) >= 11 is 6.01. The number of sulfonamides is 1. The summed E-state index contributed by atoms with van der Waals surface area (Å²) in [5.74, 6) is 0.0959. The minimum absolute atomic E-state index is 0.0962. The molecule has 0 saturated heterocycles. The van der Waals surface area contributed by atoms with Crippen LogP contribution in [0.5, 0.6) is 5.75 Å². The number of aryl methyl sites for hydroxylation is 2. The molecule has 0 aliphatic carbocycles. The number of benzene rings is 4. The predicted octanol–water partition coefficient (Wildman–Crippen LogP) is 5.88. The average molecular weight is 562 g/mol. The molecule has 0 aromatic heterocycles. The van der Waals surface area contributed by atoms with Crippen LogP contribution >= 0.6 is 11.6 Å². The lowest BCUT2D eigenvalue weighted by Crippen LogP contribution is -2.40. The lowest BCUT2D eigenvalue weighted by atomic mass is 10.1. The molecule has 0 radical (unpaired) electrons. The van der Waals surface area contributed by atoms with E-state index in [0.717, 1.165) is 26.6 Å². The molecule has 1 amide bonds. The Morgan fingerprint density at radius 3 is 2.38 bits per heavy atom. The van der Waals surface area contributed by atoms with Crippen molar-refractivity contribution < 1.29 is 17.9 Å². The van der Waals surface area contributed by atoms with Crippen molar-refractivity contribution in [1.29, 1.82) is 0 Å². The molecule has 39 heavy (non-hydrogen) atoms. The zero-order valence-electron chi connectivity index (χ0n) is 21.5. The minimum Gasteiger partial charge on any atom is -0.489 e. The van der Waals surface area contributed by atoms with Gasteiger partial charge in [0.1, 0.15) is 18.9 Å². The summed E-state index contributed by atoms with van der Waals surface area (Å²) in [6.07, 6.45) is 1.48. The van der Waals surface area contributed by atoms with Gasteiger partial charge in [0.2, 0.25) is 0 Å². The highest BCUT2D eigenvalue weighted by molar-refractivity contribution is 7.92. The summed E-state index contributed by atoms with van der Waals surface area (Å²) in [6, 6.07) is 28.1. The normalized spacial score (nSPS) is 11.4. The van der Waals surface area contributed by atoms with Crippen LogP contribution in [0.4, 0.5) is 5.69 Å². The van der Waals surface area contributed by atoms with Gasteiger partial charge in [-0.15, -0.1) is 0 Å². The van der Waals surface area contributed by atoms with Crippen molar-refractivity contribution in [3.63, 3.8) is 0 Å². The molecule has 0 spiro atoms. The second-order valence-corrected chi connectivity index (χ2v) is 11.2. The second-order valence-electron chi connectivity index (χ2n) is 8.90. The van der Waals surface area contributed by atoms with Crippen molar-refractivity contribution in [2.24, 2.45) is 5.10 Å². The van der Waals surface area contributed by atoms with E-state index in [1.54, 1.807) is 54.6 Å². The van der Waals surface area contributed by atoms with E-state index < -0.39 is 22.5 Å². The lowest BCUT2D eigenvalue weighted by Gasteiger charge is -2.25. The van der Waals surface area contributed by atoms with Gasteiger partial charge in [0, 0.05) is 5.02 Å². The highest BCUT2D eigenvalue weighted by Gasteiger charge is 2.28. The molecule has 4 aromatic carbocycles. The molecule has 0 aliphatic rings. The van der Waals surface area contributed by atoms with Crippen molar-refractivity contribution in [2.75, 3.05) is 10.8 Å². The molecule has 9 heteroatoms. The van der Waals surface area contributed by atoms with Crippen molar-refractivity contribution >= 4 is 39.4 Å². The molecule has 4 aromatic rings. The number of amides is 1. The molecule has 0 aliphatic heterocycles. The second kappa shape index (κ2) is 12.6. The summed E-state index contributed by atoms with van der Waals surface area (Å²) in [5.41, 5.74) is 6.28. The fourth-order valence-corrected chi connectivity index (χ4v) is 5.61. The van der Waals surface area contributed by atoms with Gasteiger partial charge in [-0.05, 0) is 85.1 Å². The van der Waals surface area contributed by atoms with Crippen molar-refractivity contribution in [2.45, 2.75) is 25.3 Å². The summed E-state index contributed by atoms with van der Waals surface area (Å²) in [6.45, 7) is 3.68. The first-order valence-electron chi connectivity index (χ1n) is 12.2. The average Bonchev–Trinajstić information content (AvgIpc) is 2.92. The minimum atomic E-state index is -4.00. The zero-order valence-corrected chi connectivity index (χ0v) is 23.1. The number of halogens is 1. The molecule has 200 valence electrons. The standard InChI is InChI=1S/C30H28ClN3O4S/c1-22-11-16-29(23(2)17-22)34(39(36,37)28-9-4-3-5-10-28)20-30(35)33-32-19-24-12-14-27(15-13-24)38-21-25-7-6-8-26(31)18-25/h3-19H,20-21H2,1-2H3,(H,33,35)/b32-19+. The SMILES string of the molecule is Cc1ccc(N(CC(=O)N/N=C/c2ccc(OCc3cccc(Cl)c3)cc2)S(=O)(=O)c2ccccc2)c(C)c1. The lowest BCUT2D eigenvalue weighted by molar-refractivity contribution is -0.119. The summed E-state index contributed by atoms with van der Waals surface area (Å²) in [5, 5.41) is 4.66. The molecule has 1 N–H and O–H groups in total. The van der Waals surface area contributed by atoms with Gasteiger partial charge in [-0.25, -0.2) is 13.8 Å². The quantitative estimate of drug-likeness (QED) is 0.193. The van der Waals surface area contributed by atoms with Gasteiger partial charge in [0.25, 0.3) is 15.9 Å². The first kappa shape index (κ1) is 27.9. The number of carbonyl (C=O) groups excluding carboxylic acids is 1. The Bertz CT molecular complexity index is 1570. The Kier molecular flexibility index (Phi) is 9.01. The number of anilines is 1. The smallest absolute Gasteiger partial charge is 0.264 e. The van der Waals surface area contributed by atoms with E-state index in [1.807, 2.05) is 44.2 Å². The number of nitrogens with one attached hydrogen (secondary N) is 1. The van der Waals surface area contributed by atoms with Crippen LogP contribution in [0, 0.1) is 13.8 Å². The Hall–Kier alpha value is -4.14. The number of hydrogen-bond donors (Lipinski definition) is 1. The van der Waals surface area contributed by atoms with Crippen molar-refractivity contribution in [3.8, 4) is 5.75 Å². The fraction of sp³-hybridized carbons (Fsp3) is 0.133. The molecule has 7 nitrogen and oxygen atoms in total. The Labute approximate surface area is 233 Å². The van der Waals surface area contributed by atoms with Crippen LogP contribution in [0.1, 0.15) is 22.3 Å². The summed E-state index contributed by atoms with van der Waals surface area (Å²) in [7, 11) is -4.00. The van der Waals surface area contributed by atoms with Crippen LogP contribution in [0.15, 0.2) is 107 Å². The number of nitrogens with zero attached hydrogens (tertiary/aromatic N) is 2. The first-order valence-corrected chi connectivity index (χ1v) is 14.0. The molecule has 0 atom stereocenters. The number of carbonyl (C=O) groups is 1. The van der Waals surface area contributed by atoms with E-state index >= 15 is 0 Å². The Balaban J connectivity index is 1.42. The topological polar surface area (TPSA) is 88.1 Å². The Morgan fingerprint density at radius 2 is 1.69 bits per heavy atom. The van der Waals surface area contributed by atoms with E-state index in [2.05, 4.69) is 10.5 Å². The third kappa shape index (κ3) is 7.46. The van der Waals surface area contributed by atoms with Gasteiger partial charge in [0.05, 0.1) is 16.8 Å². The van der Waals surface area contributed by atoms with Gasteiger partial charge in [0.15, 0.2) is 0 Å². The molecule has 0 fully saturated rings. The predicted molar refractivity (Wildman–Crippen MR) is 155 cm³/mol. The monoisotopic (exact) mass is 561 g/mol. The van der Waals surface area contributed by atoms with E-state index in [9.17, 15) is 13.2 Å². The molecular weight excluding hydrogens is 534 g/mol. The number of ether oxygens (including phenoxy) is 1. The maximum absolute atomic E-state index is 13.5. The molecule has 0 unspecified atom stereocenters. The van der Waals surface area contributed by atoms with Gasteiger partial charge >= 0.3 is 0 Å². The van der Waals surface area contributed by atoms with Gasteiger partial charge in [-0.1, -0.05) is 59.6 Å². The maximum Gasteiger partial charge on any atom is 0.264 e. The zero-order chi connectivity index (χ0) is 27.8. The van der Waals surface area contributed by atoms with Crippen LogP contribution in [0.2, 0.25) is 5.02 Å². The molecule has 0 bridgehead atoms. The van der Waals surface area contributed by atoms with Gasteiger partial charge in [-0.2, -0.15) is 5.10 Å². The van der Waals surface area contributed by atoms with Crippen LogP contribution in [-0.2, 0) is 21.4 Å². The maximum atomic E-state index is 13.5. The fourth-order valence-electron chi connectivity index (χ4n) is 3.89. The first-order chi connectivity index (χ1) is 18.7. The van der Waals surface area contributed by atoms with Gasteiger partial charge in [-0.3, -0.25) is 9.10 Å².